The lowest BCUT2D eigenvalue weighted by atomic mass is 10.2. The van der Waals surface area contributed by atoms with Crippen LogP contribution in [0.4, 0.5) is 0 Å². The lowest BCUT2D eigenvalue weighted by Crippen LogP contribution is -2.38. The van der Waals surface area contributed by atoms with Crippen molar-refractivity contribution in [2.45, 2.75) is 48.8 Å². The van der Waals surface area contributed by atoms with E-state index in [1.165, 1.54) is 28.8 Å². The van der Waals surface area contributed by atoms with Crippen LogP contribution in [0.25, 0.3) is 11.0 Å². The van der Waals surface area contributed by atoms with Gasteiger partial charge in [-0.3, -0.25) is 4.79 Å². The highest BCUT2D eigenvalue weighted by Gasteiger charge is 2.32. The average molecular weight is 475 g/mol. The quantitative estimate of drug-likeness (QED) is 0.569. The van der Waals surface area contributed by atoms with Crippen molar-refractivity contribution in [1.29, 1.82) is 0 Å². The maximum Gasteiger partial charge on any atom is 0.238 e. The fraction of sp³-hybridized carbons (Fsp3) is 0.556. The van der Waals surface area contributed by atoms with Crippen molar-refractivity contribution in [3.05, 3.63) is 18.2 Å². The summed E-state index contributed by atoms with van der Waals surface area (Å²) in [6.45, 7) is 2.76. The lowest BCUT2D eigenvalue weighted by Gasteiger charge is -2.23. The molecule has 30 heavy (non-hydrogen) atoms. The number of imidazole rings is 1. The Bertz CT molecular complexity index is 1160. The van der Waals surface area contributed by atoms with Crippen LogP contribution in [0, 0.1) is 0 Å². The molecule has 2 aromatic rings. The normalized spacial score (nSPS) is 18.7. The van der Waals surface area contributed by atoms with E-state index in [1.807, 2.05) is 4.57 Å². The lowest BCUT2D eigenvalue weighted by molar-refractivity contribution is -0.128. The van der Waals surface area contributed by atoms with Gasteiger partial charge in [0.1, 0.15) is 0 Å². The summed E-state index contributed by atoms with van der Waals surface area (Å²) in [6, 6.07) is 4.28. The maximum absolute atomic E-state index is 12.6. The van der Waals surface area contributed by atoms with Gasteiger partial charge in [-0.15, -0.1) is 0 Å². The summed E-state index contributed by atoms with van der Waals surface area (Å²) in [5.74, 6) is 0.0682. The number of sulfonamides is 1. The van der Waals surface area contributed by atoms with Gasteiger partial charge in [-0.2, -0.15) is 0 Å². The zero-order valence-corrected chi connectivity index (χ0v) is 19.4. The molecule has 0 bridgehead atoms. The molecule has 0 radical (unpaired) electrons. The predicted molar refractivity (Wildman–Crippen MR) is 117 cm³/mol. The topological polar surface area (TPSA) is 132 Å². The third-order valence-electron chi connectivity index (χ3n) is 5.22. The molecule has 0 aliphatic carbocycles. The standard InChI is InChI=1S/C18H26N4O5S3/c1-3-4-8-22-16-6-5-14(30(19,26)27)10-15(16)20-18(22)28-11-17(23)21(2)13-7-9-29(24,25)12-13/h5-6,10,13H,3-4,7-9,11-12H2,1-2H3,(H2,19,26,27). The summed E-state index contributed by atoms with van der Waals surface area (Å²) in [5.41, 5.74) is 1.28. The van der Waals surface area contributed by atoms with Crippen molar-refractivity contribution in [2.24, 2.45) is 5.14 Å². The van der Waals surface area contributed by atoms with Crippen LogP contribution in [0.5, 0.6) is 0 Å². The monoisotopic (exact) mass is 474 g/mol. The molecule has 2 N–H and O–H groups in total. The first kappa shape index (κ1) is 23.0. The molecule has 1 amide bonds. The number of rotatable bonds is 8. The Labute approximate surface area is 181 Å². The molecule has 1 saturated heterocycles. The van der Waals surface area contributed by atoms with Gasteiger partial charge < -0.3 is 9.47 Å². The van der Waals surface area contributed by atoms with Crippen LogP contribution in [-0.4, -0.2) is 67.5 Å². The van der Waals surface area contributed by atoms with E-state index in [-0.39, 0.29) is 34.1 Å². The number of aromatic nitrogens is 2. The van der Waals surface area contributed by atoms with Gasteiger partial charge in [0.15, 0.2) is 15.0 Å². The van der Waals surface area contributed by atoms with E-state index in [2.05, 4.69) is 11.9 Å². The second kappa shape index (κ2) is 8.85. The Kier molecular flexibility index (Phi) is 6.80. The number of hydrogen-bond donors (Lipinski definition) is 1. The molecule has 1 atom stereocenters. The Balaban J connectivity index is 1.80. The highest BCUT2D eigenvalue weighted by Crippen LogP contribution is 2.27. The van der Waals surface area contributed by atoms with Crippen LogP contribution in [0.3, 0.4) is 0 Å². The molecule has 1 unspecified atom stereocenters. The summed E-state index contributed by atoms with van der Waals surface area (Å²) < 4.78 is 48.6. The van der Waals surface area contributed by atoms with Crippen molar-refractivity contribution in [2.75, 3.05) is 24.3 Å². The van der Waals surface area contributed by atoms with Crippen LogP contribution in [0.2, 0.25) is 0 Å². The summed E-state index contributed by atoms with van der Waals surface area (Å²) in [4.78, 5) is 18.6. The number of carbonyl (C=O) groups is 1. The Morgan fingerprint density at radius 3 is 2.73 bits per heavy atom. The van der Waals surface area contributed by atoms with Gasteiger partial charge in [0, 0.05) is 19.6 Å². The third-order valence-corrected chi connectivity index (χ3v) is 8.85. The Morgan fingerprint density at radius 2 is 2.13 bits per heavy atom. The van der Waals surface area contributed by atoms with Gasteiger partial charge in [0.2, 0.25) is 15.9 Å². The molecular weight excluding hydrogens is 448 g/mol. The number of sulfone groups is 1. The summed E-state index contributed by atoms with van der Waals surface area (Å²) in [5, 5.41) is 5.84. The van der Waals surface area contributed by atoms with Crippen molar-refractivity contribution >= 4 is 48.6 Å². The van der Waals surface area contributed by atoms with E-state index < -0.39 is 19.9 Å². The molecule has 3 rings (SSSR count). The molecule has 0 saturated carbocycles. The van der Waals surface area contributed by atoms with Gasteiger partial charge in [-0.05, 0) is 31.0 Å². The first-order chi connectivity index (χ1) is 14.0. The molecule has 9 nitrogen and oxygen atoms in total. The molecule has 1 aromatic heterocycles. The first-order valence-corrected chi connectivity index (χ1v) is 14.0. The molecule has 12 heteroatoms. The minimum absolute atomic E-state index is 0.00522. The number of unbranched alkanes of at least 4 members (excludes halogenated alkanes) is 1. The van der Waals surface area contributed by atoms with Crippen LogP contribution in [0.15, 0.2) is 28.3 Å². The average Bonchev–Trinajstić information content (AvgIpc) is 3.21. The number of thioether (sulfide) groups is 1. The van der Waals surface area contributed by atoms with Crippen molar-refractivity contribution in [1.82, 2.24) is 14.5 Å². The highest BCUT2D eigenvalue weighted by molar-refractivity contribution is 7.99. The van der Waals surface area contributed by atoms with Gasteiger partial charge in [0.25, 0.3) is 0 Å². The number of nitrogens with two attached hydrogens (primary N) is 1. The number of nitrogens with zero attached hydrogens (tertiary/aromatic N) is 3. The maximum atomic E-state index is 12.6. The minimum Gasteiger partial charge on any atom is -0.341 e. The highest BCUT2D eigenvalue weighted by atomic mass is 32.2. The number of carbonyl (C=O) groups excluding carboxylic acids is 1. The molecule has 166 valence electrons. The molecular formula is C18H26N4O5S3. The van der Waals surface area contributed by atoms with Gasteiger partial charge in [-0.1, -0.05) is 25.1 Å². The first-order valence-electron chi connectivity index (χ1n) is 9.64. The molecule has 1 aromatic carbocycles. The number of primary sulfonamides is 1. The van der Waals surface area contributed by atoms with E-state index in [0.717, 1.165) is 18.4 Å². The largest absolute Gasteiger partial charge is 0.341 e. The van der Waals surface area contributed by atoms with Crippen LogP contribution in [0.1, 0.15) is 26.2 Å². The summed E-state index contributed by atoms with van der Waals surface area (Å²) in [7, 11) is -5.27. The summed E-state index contributed by atoms with van der Waals surface area (Å²) >= 11 is 1.26. The second-order valence-corrected chi connectivity index (χ2v) is 12.2. The number of amides is 1. The molecule has 1 aliphatic heterocycles. The smallest absolute Gasteiger partial charge is 0.238 e. The van der Waals surface area contributed by atoms with Crippen LogP contribution >= 0.6 is 11.8 Å². The summed E-state index contributed by atoms with van der Waals surface area (Å²) in [6.07, 6.45) is 2.33. The fourth-order valence-electron chi connectivity index (χ4n) is 3.42. The Morgan fingerprint density at radius 1 is 1.40 bits per heavy atom. The number of hydrogen-bond acceptors (Lipinski definition) is 7. The van der Waals surface area contributed by atoms with Gasteiger partial charge >= 0.3 is 0 Å². The molecule has 2 heterocycles. The molecule has 0 spiro atoms. The minimum atomic E-state index is -3.84. The fourth-order valence-corrected chi connectivity index (χ4v) is 6.69. The molecule has 1 aliphatic rings. The van der Waals surface area contributed by atoms with Crippen LogP contribution in [-0.2, 0) is 31.2 Å². The zero-order chi connectivity index (χ0) is 22.1. The van der Waals surface area contributed by atoms with Crippen LogP contribution < -0.4 is 5.14 Å². The van der Waals surface area contributed by atoms with Crippen molar-refractivity contribution < 1.29 is 21.6 Å². The van der Waals surface area contributed by atoms with Gasteiger partial charge in [-0.25, -0.2) is 27.0 Å². The number of benzene rings is 1. The predicted octanol–water partition coefficient (Wildman–Crippen LogP) is 1.22. The van der Waals surface area contributed by atoms with Crippen molar-refractivity contribution in [3.63, 3.8) is 0 Å². The second-order valence-electron chi connectivity index (χ2n) is 7.45. The van der Waals surface area contributed by atoms with E-state index >= 15 is 0 Å². The van der Waals surface area contributed by atoms with E-state index in [4.69, 9.17) is 5.14 Å². The molecule has 1 fully saturated rings. The van der Waals surface area contributed by atoms with E-state index in [1.54, 1.807) is 13.1 Å². The zero-order valence-electron chi connectivity index (χ0n) is 16.9. The van der Waals surface area contributed by atoms with Gasteiger partial charge in [0.05, 0.1) is 33.2 Å². The third kappa shape index (κ3) is 5.16. The number of fused-ring (bicyclic) bond motifs is 1. The van der Waals surface area contributed by atoms with E-state index in [0.29, 0.717) is 23.6 Å². The SMILES string of the molecule is CCCCn1c(SCC(=O)N(C)C2CCS(=O)(=O)C2)nc2cc(S(N)(=O)=O)ccc21. The van der Waals surface area contributed by atoms with E-state index in [9.17, 15) is 21.6 Å². The Hall–Kier alpha value is -1.63. The number of aryl methyl sites for hydroxylation is 1. The van der Waals surface area contributed by atoms with Crippen molar-refractivity contribution in [3.8, 4) is 0 Å².